The highest BCUT2D eigenvalue weighted by Gasteiger charge is 2.21. The minimum absolute atomic E-state index is 0.00669. The van der Waals surface area contributed by atoms with Gasteiger partial charge in [-0.2, -0.15) is 0 Å². The number of carbonyl (C=O) groups is 1. The lowest BCUT2D eigenvalue weighted by atomic mass is 10.1. The van der Waals surface area contributed by atoms with E-state index in [4.69, 9.17) is 4.42 Å². The Morgan fingerprint density at radius 2 is 2.24 bits per heavy atom. The number of aromatic nitrogens is 1. The maximum Gasteiger partial charge on any atom is 0.421 e. The molecule has 1 N–H and O–H groups in total. The number of carbonyl (C=O) groups excluding carboxylic acids is 1. The zero-order valence-corrected chi connectivity index (χ0v) is 12.0. The van der Waals surface area contributed by atoms with E-state index in [-0.39, 0.29) is 17.7 Å². The van der Waals surface area contributed by atoms with Gasteiger partial charge in [0.1, 0.15) is 0 Å². The first-order valence-corrected chi connectivity index (χ1v) is 7.21. The van der Waals surface area contributed by atoms with Crippen LogP contribution in [0.1, 0.15) is 19.8 Å². The van der Waals surface area contributed by atoms with E-state index in [9.17, 15) is 9.59 Å². The summed E-state index contributed by atoms with van der Waals surface area (Å²) in [5.41, 5.74) is 1.42. The molecule has 2 aromatic rings. The average Bonchev–Trinajstić information content (AvgIpc) is 2.75. The number of rotatable bonds is 3. The number of hydrogen-bond acceptors (Lipinski definition) is 4. The van der Waals surface area contributed by atoms with E-state index in [1.165, 1.54) is 6.92 Å². The fraction of sp³-hybridized carbons (Fsp3) is 0.467. The third-order valence-electron chi connectivity index (χ3n) is 3.83. The summed E-state index contributed by atoms with van der Waals surface area (Å²) in [7, 11) is 0. The zero-order valence-electron chi connectivity index (χ0n) is 12.0. The second-order valence-corrected chi connectivity index (χ2v) is 5.52. The molecule has 1 aromatic heterocycles. The summed E-state index contributed by atoms with van der Waals surface area (Å²) in [6, 6.07) is 7.58. The monoisotopic (exact) mass is 289 g/mol. The van der Waals surface area contributed by atoms with E-state index in [0.717, 1.165) is 31.4 Å². The fourth-order valence-electron chi connectivity index (χ4n) is 2.94. The molecule has 3 rings (SSSR count). The summed E-state index contributed by atoms with van der Waals surface area (Å²) in [5.74, 6) is -0.342. The van der Waals surface area contributed by atoms with Gasteiger partial charge in [0.15, 0.2) is 5.58 Å². The SMILES string of the molecule is CC(=O)NC1CCCN(Cn2c(=O)oc3ccccc32)C1. The first-order valence-electron chi connectivity index (χ1n) is 7.21. The summed E-state index contributed by atoms with van der Waals surface area (Å²) in [6.45, 7) is 3.70. The van der Waals surface area contributed by atoms with Gasteiger partial charge in [-0.3, -0.25) is 14.3 Å². The number of fused-ring (bicyclic) bond motifs is 1. The first kappa shape index (κ1) is 13.9. The summed E-state index contributed by atoms with van der Waals surface area (Å²) in [4.78, 5) is 25.3. The number of piperidine rings is 1. The summed E-state index contributed by atoms with van der Waals surface area (Å²) >= 11 is 0. The van der Waals surface area contributed by atoms with Crippen molar-refractivity contribution in [3.05, 3.63) is 34.8 Å². The summed E-state index contributed by atoms with van der Waals surface area (Å²) in [6.07, 6.45) is 1.99. The number of benzene rings is 1. The van der Waals surface area contributed by atoms with Crippen molar-refractivity contribution >= 4 is 17.0 Å². The molecule has 1 amide bonds. The predicted molar refractivity (Wildman–Crippen MR) is 78.9 cm³/mol. The molecule has 1 saturated heterocycles. The number of hydrogen-bond donors (Lipinski definition) is 1. The molecule has 1 fully saturated rings. The van der Waals surface area contributed by atoms with E-state index in [0.29, 0.717) is 12.3 Å². The molecule has 1 unspecified atom stereocenters. The Kier molecular flexibility index (Phi) is 3.79. The van der Waals surface area contributed by atoms with Crippen LogP contribution in [0, 0.1) is 0 Å². The number of oxazole rings is 1. The van der Waals surface area contributed by atoms with Crippen molar-refractivity contribution in [1.82, 2.24) is 14.8 Å². The van der Waals surface area contributed by atoms with E-state index < -0.39 is 0 Å². The second-order valence-electron chi connectivity index (χ2n) is 5.52. The molecule has 112 valence electrons. The van der Waals surface area contributed by atoms with Crippen LogP contribution in [-0.4, -0.2) is 34.5 Å². The van der Waals surface area contributed by atoms with Crippen molar-refractivity contribution in [2.45, 2.75) is 32.5 Å². The van der Waals surface area contributed by atoms with Gasteiger partial charge in [0.05, 0.1) is 12.2 Å². The maximum absolute atomic E-state index is 12.0. The molecule has 1 aliphatic rings. The van der Waals surface area contributed by atoms with Crippen molar-refractivity contribution in [1.29, 1.82) is 0 Å². The van der Waals surface area contributed by atoms with E-state index in [2.05, 4.69) is 10.2 Å². The molecule has 0 saturated carbocycles. The molecular formula is C15H19N3O3. The molecule has 21 heavy (non-hydrogen) atoms. The Balaban J connectivity index is 1.77. The summed E-state index contributed by atoms with van der Waals surface area (Å²) < 4.78 is 6.89. The van der Waals surface area contributed by atoms with Crippen molar-refractivity contribution in [2.24, 2.45) is 0 Å². The lowest BCUT2D eigenvalue weighted by Gasteiger charge is -2.32. The normalized spacial score (nSPS) is 19.8. The van der Waals surface area contributed by atoms with Gasteiger partial charge in [-0.1, -0.05) is 12.1 Å². The Morgan fingerprint density at radius 3 is 3.05 bits per heavy atom. The molecule has 6 heteroatoms. The maximum atomic E-state index is 12.0. The van der Waals surface area contributed by atoms with Gasteiger partial charge in [-0.15, -0.1) is 0 Å². The van der Waals surface area contributed by atoms with Crippen LogP contribution in [0.15, 0.2) is 33.5 Å². The van der Waals surface area contributed by atoms with E-state index in [1.807, 2.05) is 18.2 Å². The van der Waals surface area contributed by atoms with Gasteiger partial charge >= 0.3 is 5.76 Å². The van der Waals surface area contributed by atoms with Gasteiger partial charge in [0.25, 0.3) is 0 Å². The third kappa shape index (κ3) is 3.00. The number of nitrogens with zero attached hydrogens (tertiary/aromatic N) is 2. The quantitative estimate of drug-likeness (QED) is 0.920. The average molecular weight is 289 g/mol. The van der Waals surface area contributed by atoms with Crippen LogP contribution in [-0.2, 0) is 11.5 Å². The van der Waals surface area contributed by atoms with Crippen LogP contribution in [0.3, 0.4) is 0 Å². The van der Waals surface area contributed by atoms with Crippen LogP contribution in [0.25, 0.3) is 11.1 Å². The van der Waals surface area contributed by atoms with Crippen molar-refractivity contribution in [2.75, 3.05) is 13.1 Å². The Morgan fingerprint density at radius 1 is 1.43 bits per heavy atom. The van der Waals surface area contributed by atoms with Crippen molar-refractivity contribution in [3.63, 3.8) is 0 Å². The largest absolute Gasteiger partial charge is 0.421 e. The fourth-order valence-corrected chi connectivity index (χ4v) is 2.94. The predicted octanol–water partition coefficient (Wildman–Crippen LogP) is 1.15. The standard InChI is InChI=1S/C15H19N3O3/c1-11(19)16-12-5-4-8-17(9-12)10-18-13-6-2-3-7-14(13)21-15(18)20/h2-3,6-7,12H,4-5,8-10H2,1H3,(H,16,19). The lowest BCUT2D eigenvalue weighted by Crippen LogP contribution is -2.48. The minimum Gasteiger partial charge on any atom is -0.408 e. The lowest BCUT2D eigenvalue weighted by molar-refractivity contribution is -0.120. The van der Waals surface area contributed by atoms with Gasteiger partial charge in [0, 0.05) is 19.5 Å². The molecule has 1 atom stereocenters. The van der Waals surface area contributed by atoms with Gasteiger partial charge < -0.3 is 9.73 Å². The van der Waals surface area contributed by atoms with E-state index >= 15 is 0 Å². The smallest absolute Gasteiger partial charge is 0.408 e. The zero-order chi connectivity index (χ0) is 14.8. The second kappa shape index (κ2) is 5.73. The Hall–Kier alpha value is -2.08. The molecule has 2 heterocycles. The van der Waals surface area contributed by atoms with Crippen molar-refractivity contribution in [3.8, 4) is 0 Å². The van der Waals surface area contributed by atoms with Gasteiger partial charge in [-0.05, 0) is 31.5 Å². The van der Waals surface area contributed by atoms with Crippen LogP contribution in [0.4, 0.5) is 0 Å². The van der Waals surface area contributed by atoms with Crippen LogP contribution < -0.4 is 11.1 Å². The highest BCUT2D eigenvalue weighted by atomic mass is 16.4. The molecule has 0 aliphatic carbocycles. The molecular weight excluding hydrogens is 270 g/mol. The van der Waals surface area contributed by atoms with Crippen molar-refractivity contribution < 1.29 is 9.21 Å². The van der Waals surface area contributed by atoms with Crippen LogP contribution in [0.5, 0.6) is 0 Å². The van der Waals surface area contributed by atoms with E-state index in [1.54, 1.807) is 10.6 Å². The summed E-state index contributed by atoms with van der Waals surface area (Å²) in [5, 5.41) is 2.95. The van der Waals surface area contributed by atoms with Gasteiger partial charge in [0.2, 0.25) is 5.91 Å². The van der Waals surface area contributed by atoms with Crippen LogP contribution >= 0.6 is 0 Å². The molecule has 0 radical (unpaired) electrons. The molecule has 1 aromatic carbocycles. The number of amides is 1. The first-order chi connectivity index (χ1) is 10.1. The third-order valence-corrected chi connectivity index (χ3v) is 3.83. The Labute approximate surface area is 122 Å². The van der Waals surface area contributed by atoms with Crippen LogP contribution in [0.2, 0.25) is 0 Å². The Bertz CT molecular complexity index is 703. The molecule has 6 nitrogen and oxygen atoms in total. The number of nitrogens with one attached hydrogen (secondary N) is 1. The minimum atomic E-state index is -0.335. The topological polar surface area (TPSA) is 67.5 Å². The number of para-hydroxylation sites is 2. The van der Waals surface area contributed by atoms with Gasteiger partial charge in [-0.25, -0.2) is 4.79 Å². The molecule has 1 aliphatic heterocycles. The number of likely N-dealkylation sites (tertiary alicyclic amines) is 1. The molecule has 0 spiro atoms. The highest BCUT2D eigenvalue weighted by molar-refractivity contribution is 5.73. The highest BCUT2D eigenvalue weighted by Crippen LogP contribution is 2.15. The molecule has 0 bridgehead atoms.